The number of rotatable bonds is 2. The van der Waals surface area contributed by atoms with Gasteiger partial charge in [-0.05, 0) is 25.0 Å². The van der Waals surface area contributed by atoms with E-state index in [0.717, 1.165) is 12.8 Å². The van der Waals surface area contributed by atoms with Gasteiger partial charge in [-0.3, -0.25) is 4.79 Å². The first kappa shape index (κ1) is 7.35. The molecule has 1 aromatic rings. The smallest absolute Gasteiger partial charge is 0.169 e. The standard InChI is InChI=1S/C10H10O2/c11-9-4-2-1-3-8(9)10(12)7-5-6-7/h1-4,7,11H,5-6H2. The molecular weight excluding hydrogens is 152 g/mol. The molecule has 1 saturated carbocycles. The van der Waals surface area contributed by atoms with Gasteiger partial charge < -0.3 is 5.11 Å². The van der Waals surface area contributed by atoms with Crippen LogP contribution in [0.2, 0.25) is 0 Å². The summed E-state index contributed by atoms with van der Waals surface area (Å²) in [5.41, 5.74) is 0.472. The number of aromatic hydroxyl groups is 1. The molecule has 2 rings (SSSR count). The van der Waals surface area contributed by atoms with E-state index in [0.29, 0.717) is 5.56 Å². The highest BCUT2D eigenvalue weighted by atomic mass is 16.3. The van der Waals surface area contributed by atoms with Crippen LogP contribution < -0.4 is 0 Å². The van der Waals surface area contributed by atoms with Crippen molar-refractivity contribution in [2.24, 2.45) is 5.92 Å². The van der Waals surface area contributed by atoms with Crippen LogP contribution in [0, 0.1) is 5.92 Å². The zero-order valence-electron chi connectivity index (χ0n) is 6.66. The van der Waals surface area contributed by atoms with Crippen LogP contribution in [0.25, 0.3) is 0 Å². The van der Waals surface area contributed by atoms with E-state index in [1.807, 2.05) is 0 Å². The van der Waals surface area contributed by atoms with Crippen molar-refractivity contribution in [2.45, 2.75) is 12.8 Å². The van der Waals surface area contributed by atoms with E-state index in [1.165, 1.54) is 0 Å². The lowest BCUT2D eigenvalue weighted by molar-refractivity contribution is 0.0965. The molecule has 1 aliphatic rings. The summed E-state index contributed by atoms with van der Waals surface area (Å²) in [5, 5.41) is 9.34. The van der Waals surface area contributed by atoms with Gasteiger partial charge in [0, 0.05) is 5.92 Å². The Bertz CT molecular complexity index is 313. The third-order valence-corrected chi connectivity index (χ3v) is 2.12. The number of para-hydroxylation sites is 1. The molecule has 1 N–H and O–H groups in total. The number of carbonyl (C=O) groups excluding carboxylic acids is 1. The molecule has 62 valence electrons. The van der Waals surface area contributed by atoms with Gasteiger partial charge in [-0.15, -0.1) is 0 Å². The minimum atomic E-state index is 0.0908. The predicted octanol–water partition coefficient (Wildman–Crippen LogP) is 1.98. The summed E-state index contributed by atoms with van der Waals surface area (Å²) in [4.78, 5) is 11.5. The molecule has 12 heavy (non-hydrogen) atoms. The minimum absolute atomic E-state index is 0.0908. The number of hydrogen-bond donors (Lipinski definition) is 1. The van der Waals surface area contributed by atoms with Crippen LogP contribution in [0.5, 0.6) is 5.75 Å². The molecular formula is C10H10O2. The van der Waals surface area contributed by atoms with Crippen LogP contribution >= 0.6 is 0 Å². The Morgan fingerprint density at radius 1 is 1.33 bits per heavy atom. The lowest BCUT2D eigenvalue weighted by Gasteiger charge is -2.00. The van der Waals surface area contributed by atoms with Crippen LogP contribution in [0.3, 0.4) is 0 Å². The third kappa shape index (κ3) is 1.20. The number of phenols is 1. The van der Waals surface area contributed by atoms with Crippen LogP contribution in [0.1, 0.15) is 23.2 Å². The molecule has 0 heterocycles. The normalized spacial score (nSPS) is 16.0. The maximum absolute atomic E-state index is 11.5. The fourth-order valence-corrected chi connectivity index (χ4v) is 1.25. The van der Waals surface area contributed by atoms with Crippen molar-refractivity contribution in [1.82, 2.24) is 0 Å². The molecule has 0 spiro atoms. The van der Waals surface area contributed by atoms with E-state index in [2.05, 4.69) is 0 Å². The van der Waals surface area contributed by atoms with Crippen LogP contribution in [0.15, 0.2) is 24.3 Å². The Kier molecular flexibility index (Phi) is 1.61. The van der Waals surface area contributed by atoms with E-state index in [9.17, 15) is 9.90 Å². The molecule has 0 atom stereocenters. The first-order valence-electron chi connectivity index (χ1n) is 4.11. The van der Waals surface area contributed by atoms with E-state index in [-0.39, 0.29) is 17.5 Å². The largest absolute Gasteiger partial charge is 0.507 e. The van der Waals surface area contributed by atoms with Crippen molar-refractivity contribution in [1.29, 1.82) is 0 Å². The van der Waals surface area contributed by atoms with Gasteiger partial charge in [-0.25, -0.2) is 0 Å². The molecule has 1 aromatic carbocycles. The first-order chi connectivity index (χ1) is 5.79. The molecule has 0 bridgehead atoms. The van der Waals surface area contributed by atoms with Crippen molar-refractivity contribution < 1.29 is 9.90 Å². The number of benzene rings is 1. The zero-order chi connectivity index (χ0) is 8.55. The molecule has 0 unspecified atom stereocenters. The summed E-state index contributed by atoms with van der Waals surface area (Å²) in [6, 6.07) is 6.72. The van der Waals surface area contributed by atoms with E-state index < -0.39 is 0 Å². The average molecular weight is 162 g/mol. The molecule has 0 aromatic heterocycles. The topological polar surface area (TPSA) is 37.3 Å². The Balaban J connectivity index is 2.32. The highest BCUT2D eigenvalue weighted by Crippen LogP contribution is 2.34. The van der Waals surface area contributed by atoms with Crippen LogP contribution in [0.4, 0.5) is 0 Å². The van der Waals surface area contributed by atoms with Gasteiger partial charge in [0.25, 0.3) is 0 Å². The fraction of sp³-hybridized carbons (Fsp3) is 0.300. The summed E-state index contributed by atoms with van der Waals surface area (Å²) >= 11 is 0. The Hall–Kier alpha value is -1.31. The molecule has 0 aliphatic heterocycles. The summed E-state index contributed by atoms with van der Waals surface area (Å²) in [7, 11) is 0. The van der Waals surface area contributed by atoms with Gasteiger partial charge in [-0.2, -0.15) is 0 Å². The Morgan fingerprint density at radius 2 is 2.00 bits per heavy atom. The zero-order valence-corrected chi connectivity index (χ0v) is 6.66. The monoisotopic (exact) mass is 162 g/mol. The quantitative estimate of drug-likeness (QED) is 0.675. The summed E-state index contributed by atoms with van der Waals surface area (Å²) in [6.07, 6.45) is 1.96. The van der Waals surface area contributed by atoms with Gasteiger partial charge in [0.05, 0.1) is 5.56 Å². The van der Waals surface area contributed by atoms with E-state index in [4.69, 9.17) is 0 Å². The van der Waals surface area contributed by atoms with Crippen LogP contribution in [-0.2, 0) is 0 Å². The molecule has 0 amide bonds. The summed E-state index contributed by atoms with van der Waals surface area (Å²) < 4.78 is 0. The number of ketones is 1. The number of Topliss-reactive ketones (excluding diaryl/α,β-unsaturated/α-hetero) is 1. The minimum Gasteiger partial charge on any atom is -0.507 e. The second-order valence-electron chi connectivity index (χ2n) is 3.16. The first-order valence-corrected chi connectivity index (χ1v) is 4.11. The predicted molar refractivity (Wildman–Crippen MR) is 45.2 cm³/mol. The molecule has 2 heteroatoms. The second kappa shape index (κ2) is 2.63. The highest BCUT2D eigenvalue weighted by Gasteiger charge is 2.31. The maximum atomic E-state index is 11.5. The van der Waals surface area contributed by atoms with Gasteiger partial charge in [0.2, 0.25) is 0 Å². The van der Waals surface area contributed by atoms with Crippen molar-refractivity contribution >= 4 is 5.78 Å². The Labute approximate surface area is 70.8 Å². The van der Waals surface area contributed by atoms with Gasteiger partial charge in [-0.1, -0.05) is 12.1 Å². The van der Waals surface area contributed by atoms with Gasteiger partial charge in [0.15, 0.2) is 5.78 Å². The average Bonchev–Trinajstić information content (AvgIpc) is 2.86. The molecule has 1 fully saturated rings. The van der Waals surface area contributed by atoms with Crippen molar-refractivity contribution in [3.8, 4) is 5.75 Å². The van der Waals surface area contributed by atoms with Crippen molar-refractivity contribution in [3.05, 3.63) is 29.8 Å². The molecule has 2 nitrogen and oxygen atoms in total. The number of carbonyl (C=O) groups is 1. The Morgan fingerprint density at radius 3 is 2.58 bits per heavy atom. The van der Waals surface area contributed by atoms with E-state index in [1.54, 1.807) is 24.3 Å². The molecule has 1 aliphatic carbocycles. The highest BCUT2D eigenvalue weighted by molar-refractivity contribution is 6.01. The molecule has 0 saturated heterocycles. The summed E-state index contributed by atoms with van der Waals surface area (Å²) in [5.74, 6) is 0.376. The van der Waals surface area contributed by atoms with Crippen molar-refractivity contribution in [2.75, 3.05) is 0 Å². The SMILES string of the molecule is O=C(c1ccccc1O)C1CC1. The third-order valence-electron chi connectivity index (χ3n) is 2.12. The van der Waals surface area contributed by atoms with Crippen LogP contribution in [-0.4, -0.2) is 10.9 Å². The summed E-state index contributed by atoms with van der Waals surface area (Å²) in [6.45, 7) is 0. The second-order valence-corrected chi connectivity index (χ2v) is 3.16. The number of hydrogen-bond acceptors (Lipinski definition) is 2. The van der Waals surface area contributed by atoms with Crippen molar-refractivity contribution in [3.63, 3.8) is 0 Å². The maximum Gasteiger partial charge on any atom is 0.169 e. The van der Waals surface area contributed by atoms with Gasteiger partial charge in [0.1, 0.15) is 5.75 Å². The fourth-order valence-electron chi connectivity index (χ4n) is 1.25. The lowest BCUT2D eigenvalue weighted by Crippen LogP contribution is -2.00. The molecule has 0 radical (unpaired) electrons. The van der Waals surface area contributed by atoms with Gasteiger partial charge >= 0.3 is 0 Å². The number of phenolic OH excluding ortho intramolecular Hbond substituents is 1. The van der Waals surface area contributed by atoms with E-state index >= 15 is 0 Å². The lowest BCUT2D eigenvalue weighted by atomic mass is 10.1.